The van der Waals surface area contributed by atoms with Crippen molar-refractivity contribution >= 4 is 29.2 Å². The summed E-state index contributed by atoms with van der Waals surface area (Å²) in [5.41, 5.74) is 17.5. The monoisotopic (exact) mass is 457 g/mol. The summed E-state index contributed by atoms with van der Waals surface area (Å²) in [5, 5.41) is 0.853. The summed E-state index contributed by atoms with van der Waals surface area (Å²) in [6.45, 7) is 3.93. The number of piperidine rings is 1. The molecule has 4 N–H and O–H groups in total. The van der Waals surface area contributed by atoms with Gasteiger partial charge in [-0.2, -0.15) is 0 Å². The summed E-state index contributed by atoms with van der Waals surface area (Å²) in [4.78, 5) is 21.9. The van der Waals surface area contributed by atoms with Crippen LogP contribution in [0.5, 0.6) is 0 Å². The van der Waals surface area contributed by atoms with Gasteiger partial charge in [0, 0.05) is 35.8 Å². The number of aromatic nitrogens is 3. The number of rotatable bonds is 2. The van der Waals surface area contributed by atoms with E-state index in [0.29, 0.717) is 5.82 Å². The van der Waals surface area contributed by atoms with Crippen LogP contribution >= 0.6 is 11.8 Å². The Labute approximate surface area is 197 Å². The summed E-state index contributed by atoms with van der Waals surface area (Å²) in [7, 11) is 0. The first-order valence-electron chi connectivity index (χ1n) is 11.4. The van der Waals surface area contributed by atoms with E-state index >= 15 is 0 Å². The topological polar surface area (TPSA) is 106 Å². The molecule has 1 aromatic carbocycles. The number of nitrogens with two attached hydrogens (primary N) is 2. The van der Waals surface area contributed by atoms with Crippen molar-refractivity contribution in [2.45, 2.75) is 48.6 Å². The van der Waals surface area contributed by atoms with Gasteiger partial charge in [-0.05, 0) is 48.8 Å². The van der Waals surface area contributed by atoms with E-state index in [-0.39, 0.29) is 11.5 Å². The number of amidine groups is 1. The zero-order chi connectivity index (χ0) is 22.6. The summed E-state index contributed by atoms with van der Waals surface area (Å²) >= 11 is 1.57. The van der Waals surface area contributed by atoms with E-state index in [1.807, 2.05) is 13.0 Å². The van der Waals surface area contributed by atoms with Crippen LogP contribution in [0.2, 0.25) is 0 Å². The van der Waals surface area contributed by atoms with E-state index in [2.05, 4.69) is 39.1 Å². The van der Waals surface area contributed by atoms with E-state index in [9.17, 15) is 0 Å². The standard InChI is InChI=1S/C25H27N7S/c1-15-19(6-9-28-23(15)27)33-21-14-29-24-18(30-21)12-20(31-24)32-10-7-25(8-11-32)13-16-4-2-3-5-17(16)22(25)26/h2-6,9,14,22H,7-8,10-13,26H2,1H3,(H2,27,28)/t22-/m1/s1. The van der Waals surface area contributed by atoms with Crippen molar-refractivity contribution in [3.05, 3.63) is 65.1 Å². The number of hydrogen-bond acceptors (Lipinski definition) is 8. The molecule has 0 bridgehead atoms. The minimum Gasteiger partial charge on any atom is -0.383 e. The van der Waals surface area contributed by atoms with Crippen molar-refractivity contribution in [1.82, 2.24) is 19.9 Å². The Hall–Kier alpha value is -2.97. The highest BCUT2D eigenvalue weighted by Crippen LogP contribution is 2.50. The molecule has 0 amide bonds. The van der Waals surface area contributed by atoms with Crippen LogP contribution in [0.3, 0.4) is 0 Å². The molecule has 8 heteroatoms. The zero-order valence-electron chi connectivity index (χ0n) is 18.7. The molecular formula is C25H27N7S. The van der Waals surface area contributed by atoms with E-state index in [4.69, 9.17) is 21.4 Å². The Balaban J connectivity index is 1.13. The van der Waals surface area contributed by atoms with Gasteiger partial charge in [0.25, 0.3) is 0 Å². The van der Waals surface area contributed by atoms with E-state index in [1.165, 1.54) is 11.1 Å². The molecule has 0 radical (unpaired) electrons. The molecule has 4 heterocycles. The summed E-state index contributed by atoms with van der Waals surface area (Å²) in [6.07, 6.45) is 7.52. The normalized spacial score (nSPS) is 20.6. The highest BCUT2D eigenvalue weighted by Gasteiger charge is 2.46. The first-order valence-corrected chi connectivity index (χ1v) is 12.2. The molecule has 1 aliphatic carbocycles. The maximum atomic E-state index is 6.74. The second-order valence-electron chi connectivity index (χ2n) is 9.31. The predicted molar refractivity (Wildman–Crippen MR) is 131 cm³/mol. The molecule has 1 spiro atoms. The van der Waals surface area contributed by atoms with Gasteiger partial charge >= 0.3 is 0 Å². The van der Waals surface area contributed by atoms with Gasteiger partial charge in [-0.15, -0.1) is 0 Å². The average molecular weight is 458 g/mol. The number of anilines is 1. The molecule has 1 fully saturated rings. The molecule has 2 aromatic heterocycles. The molecule has 0 saturated carbocycles. The number of hydrogen-bond donors (Lipinski definition) is 2. The minimum atomic E-state index is 0.132. The Morgan fingerprint density at radius 1 is 1.12 bits per heavy atom. The first kappa shape index (κ1) is 20.6. The number of nitrogens with zero attached hydrogens (tertiary/aromatic N) is 5. The molecule has 1 atom stereocenters. The van der Waals surface area contributed by atoms with Crippen molar-refractivity contribution in [3.63, 3.8) is 0 Å². The number of pyridine rings is 1. The van der Waals surface area contributed by atoms with E-state index < -0.39 is 0 Å². The van der Waals surface area contributed by atoms with Crippen LogP contribution in [0.1, 0.15) is 41.3 Å². The van der Waals surface area contributed by atoms with Gasteiger partial charge < -0.3 is 16.4 Å². The molecule has 33 heavy (non-hydrogen) atoms. The summed E-state index contributed by atoms with van der Waals surface area (Å²) in [5.74, 6) is 2.37. The number of fused-ring (bicyclic) bond motifs is 2. The second-order valence-corrected chi connectivity index (χ2v) is 10.4. The second kappa shape index (κ2) is 7.81. The van der Waals surface area contributed by atoms with Gasteiger partial charge in [0.1, 0.15) is 16.7 Å². The van der Waals surface area contributed by atoms with Crippen LogP contribution in [-0.2, 0) is 12.8 Å². The first-order chi connectivity index (χ1) is 16.0. The number of likely N-dealkylation sites (tertiary alicyclic amines) is 1. The molecule has 7 nitrogen and oxygen atoms in total. The van der Waals surface area contributed by atoms with E-state index in [0.717, 1.165) is 71.6 Å². The van der Waals surface area contributed by atoms with Gasteiger partial charge in [0.2, 0.25) is 0 Å². The average Bonchev–Trinajstić information content (AvgIpc) is 3.37. The van der Waals surface area contributed by atoms with Crippen LogP contribution in [-0.4, -0.2) is 38.8 Å². The molecule has 6 rings (SSSR count). The lowest BCUT2D eigenvalue weighted by atomic mass is 9.73. The molecule has 168 valence electrons. The molecule has 1 saturated heterocycles. The Morgan fingerprint density at radius 3 is 2.76 bits per heavy atom. The van der Waals surface area contributed by atoms with Crippen molar-refractivity contribution in [3.8, 4) is 0 Å². The maximum absolute atomic E-state index is 6.74. The lowest BCUT2D eigenvalue weighted by molar-refractivity contribution is 0.127. The highest BCUT2D eigenvalue weighted by atomic mass is 32.2. The molecule has 3 aromatic rings. The predicted octanol–water partition coefficient (Wildman–Crippen LogP) is 3.84. The van der Waals surface area contributed by atoms with Crippen molar-refractivity contribution in [2.75, 3.05) is 18.8 Å². The van der Waals surface area contributed by atoms with E-state index in [1.54, 1.807) is 24.2 Å². The Kier molecular flexibility index (Phi) is 4.88. The summed E-state index contributed by atoms with van der Waals surface area (Å²) < 4.78 is 0. The van der Waals surface area contributed by atoms with Crippen LogP contribution in [0, 0.1) is 12.3 Å². The third-order valence-electron chi connectivity index (χ3n) is 7.49. The van der Waals surface area contributed by atoms with Gasteiger partial charge in [-0.3, -0.25) is 0 Å². The molecule has 0 unspecified atom stereocenters. The minimum absolute atomic E-state index is 0.132. The maximum Gasteiger partial charge on any atom is 0.176 e. The zero-order valence-corrected chi connectivity index (χ0v) is 19.5. The number of benzene rings is 1. The SMILES string of the molecule is Cc1c(Sc2cnc3c(n2)CC(N2CCC4(CC2)Cc2ccccc2[C@H]4N)=N3)ccnc1N. The van der Waals surface area contributed by atoms with Crippen LogP contribution in [0.25, 0.3) is 0 Å². The number of nitrogen functional groups attached to an aromatic ring is 1. The Bertz CT molecular complexity index is 1260. The highest BCUT2D eigenvalue weighted by molar-refractivity contribution is 7.99. The number of aliphatic imine (C=N–C) groups is 1. The fraction of sp³-hybridized carbons (Fsp3) is 0.360. The molecule has 2 aliphatic heterocycles. The third kappa shape index (κ3) is 3.48. The fourth-order valence-electron chi connectivity index (χ4n) is 5.43. The van der Waals surface area contributed by atoms with Crippen molar-refractivity contribution in [2.24, 2.45) is 16.1 Å². The fourth-order valence-corrected chi connectivity index (χ4v) is 6.30. The van der Waals surface area contributed by atoms with Crippen LogP contribution in [0.4, 0.5) is 11.6 Å². The molecular weight excluding hydrogens is 430 g/mol. The van der Waals surface area contributed by atoms with Gasteiger partial charge in [-0.25, -0.2) is 19.9 Å². The van der Waals surface area contributed by atoms with Gasteiger partial charge in [-0.1, -0.05) is 36.0 Å². The Morgan fingerprint density at radius 2 is 1.94 bits per heavy atom. The summed E-state index contributed by atoms with van der Waals surface area (Å²) in [6, 6.07) is 10.8. The quantitative estimate of drug-likeness (QED) is 0.602. The lowest BCUT2D eigenvalue weighted by Crippen LogP contribution is -2.46. The van der Waals surface area contributed by atoms with Gasteiger partial charge in [0.05, 0.1) is 18.3 Å². The largest absolute Gasteiger partial charge is 0.383 e. The van der Waals surface area contributed by atoms with Crippen molar-refractivity contribution in [1.29, 1.82) is 0 Å². The van der Waals surface area contributed by atoms with Crippen molar-refractivity contribution < 1.29 is 0 Å². The van der Waals surface area contributed by atoms with Crippen LogP contribution < -0.4 is 11.5 Å². The van der Waals surface area contributed by atoms with Gasteiger partial charge in [0.15, 0.2) is 5.82 Å². The molecule has 3 aliphatic rings. The third-order valence-corrected chi connectivity index (χ3v) is 8.55. The smallest absolute Gasteiger partial charge is 0.176 e. The lowest BCUT2D eigenvalue weighted by Gasteiger charge is -2.43. The van der Waals surface area contributed by atoms with Crippen LogP contribution in [0.15, 0.2) is 57.6 Å².